The molecule has 0 atom stereocenters. The number of halogens is 3. The summed E-state index contributed by atoms with van der Waals surface area (Å²) in [5, 5.41) is 2.92. The third-order valence-electron chi connectivity index (χ3n) is 9.77. The number of ether oxygens (including phenoxy) is 3. The molecule has 44 heavy (non-hydrogen) atoms. The van der Waals surface area contributed by atoms with Crippen LogP contribution in [0.4, 0.5) is 18.9 Å². The lowest BCUT2D eigenvalue weighted by Gasteiger charge is -2.38. The van der Waals surface area contributed by atoms with E-state index in [2.05, 4.69) is 10.1 Å². The molecule has 1 aliphatic carbocycles. The molecule has 5 aliphatic rings. The van der Waals surface area contributed by atoms with Crippen molar-refractivity contribution in [2.75, 3.05) is 25.1 Å². The molecule has 0 bridgehead atoms. The zero-order chi connectivity index (χ0) is 31.2. The molecule has 13 heteroatoms. The number of fused-ring (bicyclic) bond motifs is 1. The lowest BCUT2D eigenvalue weighted by Crippen LogP contribution is -2.49. The number of piperidine rings is 1. The Hall–Kier alpha value is -3.29. The molecule has 2 aromatic carbocycles. The number of carbonyl (C=O) groups excluding carboxylic acids is 1. The summed E-state index contributed by atoms with van der Waals surface area (Å²) in [6, 6.07) is 6.40. The molecule has 1 saturated carbocycles. The van der Waals surface area contributed by atoms with Crippen LogP contribution in [0.5, 0.6) is 11.5 Å². The minimum absolute atomic E-state index is 0.0114. The maximum absolute atomic E-state index is 15.6. The second-order valence-electron chi connectivity index (χ2n) is 13.3. The van der Waals surface area contributed by atoms with E-state index in [9.17, 15) is 13.6 Å². The average Bonchev–Trinajstić information content (AvgIpc) is 3.61. The number of amides is 1. The second-order valence-corrected chi connectivity index (χ2v) is 13.3. The Morgan fingerprint density at radius 3 is 2.39 bits per heavy atom. The van der Waals surface area contributed by atoms with Crippen LogP contribution in [0, 0.1) is 5.82 Å². The standard InChI is InChI=1S/C31H35BF3N3O6/c1-28(2)29(3,4)44-32(43-28)18-14-21(33)20(16-40-5)22(15-18)38-12-10-30(11-13-38)27(39)36-26(37-30)19-8-9-23-25(24(19)17-6-7-17)42-31(34,35)41-23/h8-9,14-15,17H,6-7,10-13,16H2,1-5H3,(H,36,37,39). The summed E-state index contributed by atoms with van der Waals surface area (Å²) < 4.78 is 70.7. The van der Waals surface area contributed by atoms with Gasteiger partial charge in [-0.25, -0.2) is 4.39 Å². The van der Waals surface area contributed by atoms with Crippen molar-refractivity contribution in [1.29, 1.82) is 0 Å². The monoisotopic (exact) mass is 613 g/mol. The normalized spacial score (nSPS) is 24.2. The van der Waals surface area contributed by atoms with E-state index in [-0.39, 0.29) is 29.9 Å². The Morgan fingerprint density at radius 2 is 1.75 bits per heavy atom. The van der Waals surface area contributed by atoms with E-state index in [4.69, 9.17) is 23.8 Å². The van der Waals surface area contributed by atoms with Gasteiger partial charge in [-0.2, -0.15) is 0 Å². The number of amidine groups is 1. The minimum atomic E-state index is -3.74. The van der Waals surface area contributed by atoms with Crippen molar-refractivity contribution in [3.8, 4) is 11.5 Å². The second kappa shape index (κ2) is 9.86. The van der Waals surface area contributed by atoms with Gasteiger partial charge in [-0.05, 0) is 89.0 Å². The van der Waals surface area contributed by atoms with Crippen LogP contribution in [0.3, 0.4) is 0 Å². The van der Waals surface area contributed by atoms with E-state index in [0.29, 0.717) is 59.6 Å². The lowest BCUT2D eigenvalue weighted by atomic mass is 9.78. The third-order valence-corrected chi connectivity index (χ3v) is 9.77. The molecule has 4 heterocycles. The lowest BCUT2D eigenvalue weighted by molar-refractivity contribution is -0.286. The smallest absolute Gasteiger partial charge is 0.399 e. The molecule has 9 nitrogen and oxygen atoms in total. The topological polar surface area (TPSA) is 90.8 Å². The summed E-state index contributed by atoms with van der Waals surface area (Å²) in [5.41, 5.74) is 0.595. The molecule has 0 unspecified atom stereocenters. The summed E-state index contributed by atoms with van der Waals surface area (Å²) >= 11 is 0. The van der Waals surface area contributed by atoms with Gasteiger partial charge in [0.25, 0.3) is 5.91 Å². The first-order valence-corrected chi connectivity index (χ1v) is 15.0. The highest BCUT2D eigenvalue weighted by atomic mass is 19.3. The van der Waals surface area contributed by atoms with Gasteiger partial charge in [0.1, 0.15) is 17.2 Å². The molecule has 2 saturated heterocycles. The number of benzene rings is 2. The fourth-order valence-electron chi connectivity index (χ4n) is 6.44. The molecule has 1 spiro atoms. The molecule has 2 aromatic rings. The van der Waals surface area contributed by atoms with Crippen molar-refractivity contribution >= 4 is 30.0 Å². The number of rotatable bonds is 6. The van der Waals surface area contributed by atoms with Crippen molar-refractivity contribution in [2.24, 2.45) is 4.99 Å². The quantitative estimate of drug-likeness (QED) is 0.484. The van der Waals surface area contributed by atoms with Gasteiger partial charge < -0.3 is 33.7 Å². The van der Waals surface area contributed by atoms with Crippen LogP contribution < -0.4 is 25.2 Å². The number of alkyl halides is 2. The maximum atomic E-state index is 15.6. The molecule has 4 aliphatic heterocycles. The van der Waals surface area contributed by atoms with Crippen LogP contribution in [0.25, 0.3) is 0 Å². The number of hydrogen-bond donors (Lipinski definition) is 1. The van der Waals surface area contributed by atoms with Gasteiger partial charge in [-0.3, -0.25) is 9.79 Å². The molecular weight excluding hydrogens is 578 g/mol. The number of anilines is 1. The predicted octanol–water partition coefficient (Wildman–Crippen LogP) is 4.39. The Morgan fingerprint density at radius 1 is 1.07 bits per heavy atom. The van der Waals surface area contributed by atoms with Crippen LogP contribution in [0.1, 0.15) is 76.0 Å². The number of methoxy groups -OCH3 is 1. The van der Waals surface area contributed by atoms with Crippen molar-refractivity contribution in [1.82, 2.24) is 5.32 Å². The van der Waals surface area contributed by atoms with Gasteiger partial charge in [0.05, 0.1) is 17.8 Å². The molecular formula is C31H35BF3N3O6. The fourth-order valence-corrected chi connectivity index (χ4v) is 6.44. The van der Waals surface area contributed by atoms with Crippen LogP contribution in [-0.2, 0) is 25.4 Å². The van der Waals surface area contributed by atoms with Gasteiger partial charge in [0.2, 0.25) is 0 Å². The van der Waals surface area contributed by atoms with E-state index < -0.39 is 36.0 Å². The van der Waals surface area contributed by atoms with E-state index in [0.717, 1.165) is 12.8 Å². The maximum Gasteiger partial charge on any atom is 0.586 e. The highest BCUT2D eigenvalue weighted by Gasteiger charge is 2.53. The SMILES string of the molecule is COCc1c(F)cc(B2OC(C)(C)C(C)(C)O2)cc1N1CCC2(CC1)N=C(c1ccc3c(c1C1CC1)OC(F)(F)O3)NC2=O. The van der Waals surface area contributed by atoms with Gasteiger partial charge in [0, 0.05) is 42.6 Å². The summed E-state index contributed by atoms with van der Waals surface area (Å²) in [5.74, 6) is -0.296. The first kappa shape index (κ1) is 29.4. The van der Waals surface area contributed by atoms with Gasteiger partial charge in [-0.15, -0.1) is 8.78 Å². The minimum Gasteiger partial charge on any atom is -0.399 e. The van der Waals surface area contributed by atoms with E-state index in [1.165, 1.54) is 19.2 Å². The first-order valence-electron chi connectivity index (χ1n) is 15.0. The molecule has 1 amide bonds. The zero-order valence-electron chi connectivity index (χ0n) is 25.4. The van der Waals surface area contributed by atoms with Crippen LogP contribution in [-0.4, -0.2) is 62.1 Å². The van der Waals surface area contributed by atoms with Crippen molar-refractivity contribution in [2.45, 2.75) is 88.9 Å². The summed E-state index contributed by atoms with van der Waals surface area (Å²) in [6.45, 7) is 8.71. The zero-order valence-corrected chi connectivity index (χ0v) is 25.4. The molecule has 0 aromatic heterocycles. The fraction of sp³-hybridized carbons (Fsp3) is 0.548. The molecule has 234 valence electrons. The summed E-state index contributed by atoms with van der Waals surface area (Å²) in [6.07, 6.45) is -1.34. The molecule has 1 N–H and O–H groups in total. The largest absolute Gasteiger partial charge is 0.586 e. The van der Waals surface area contributed by atoms with Gasteiger partial charge in [-0.1, -0.05) is 0 Å². The van der Waals surface area contributed by atoms with Crippen LogP contribution >= 0.6 is 0 Å². The Balaban J connectivity index is 1.16. The van der Waals surface area contributed by atoms with E-state index in [1.807, 2.05) is 38.7 Å². The predicted molar refractivity (Wildman–Crippen MR) is 156 cm³/mol. The molecule has 0 radical (unpaired) electrons. The number of hydrogen-bond acceptors (Lipinski definition) is 8. The Kier molecular flexibility index (Phi) is 6.59. The number of aliphatic imine (C=N–C) groups is 1. The van der Waals surface area contributed by atoms with Crippen molar-refractivity contribution in [3.05, 3.63) is 46.8 Å². The molecule has 7 rings (SSSR count). The summed E-state index contributed by atoms with van der Waals surface area (Å²) in [7, 11) is 0.777. The highest BCUT2D eigenvalue weighted by Crippen LogP contribution is 2.53. The number of nitrogens with one attached hydrogen (secondary N) is 1. The highest BCUT2D eigenvalue weighted by molar-refractivity contribution is 6.62. The Labute approximate surface area is 254 Å². The van der Waals surface area contributed by atoms with E-state index >= 15 is 4.39 Å². The van der Waals surface area contributed by atoms with Crippen molar-refractivity contribution < 1.29 is 41.5 Å². The molecule has 3 fully saturated rings. The number of carbonyl (C=O) groups is 1. The van der Waals surface area contributed by atoms with Crippen molar-refractivity contribution in [3.63, 3.8) is 0 Å². The van der Waals surface area contributed by atoms with Crippen LogP contribution in [0.2, 0.25) is 0 Å². The third kappa shape index (κ3) is 4.75. The average molecular weight is 613 g/mol. The Bertz CT molecular complexity index is 1550. The first-order chi connectivity index (χ1) is 20.7. The van der Waals surface area contributed by atoms with E-state index in [1.54, 1.807) is 6.07 Å². The van der Waals surface area contributed by atoms with Gasteiger partial charge >= 0.3 is 13.4 Å². The van der Waals surface area contributed by atoms with Gasteiger partial charge in [0.15, 0.2) is 11.5 Å². The summed E-state index contributed by atoms with van der Waals surface area (Å²) in [4.78, 5) is 20.4. The number of nitrogens with zero attached hydrogens (tertiary/aromatic N) is 2. The van der Waals surface area contributed by atoms with Crippen LogP contribution in [0.15, 0.2) is 29.3 Å².